The first kappa shape index (κ1) is 17.2. The van der Waals surface area contributed by atoms with Crippen LogP contribution in [-0.2, 0) is 0 Å². The molecule has 3 nitrogen and oxygen atoms in total. The minimum Gasteiger partial charge on any atom is -0.372 e. The van der Waals surface area contributed by atoms with Crippen LogP contribution in [0.2, 0.25) is 0 Å². The third-order valence-corrected chi connectivity index (χ3v) is 5.13. The second-order valence-corrected chi connectivity index (χ2v) is 6.68. The Morgan fingerprint density at radius 1 is 0.960 bits per heavy atom. The number of thiophene rings is 1. The summed E-state index contributed by atoms with van der Waals surface area (Å²) in [4.78, 5) is 15.9. The van der Waals surface area contributed by atoms with Crippen molar-refractivity contribution >= 4 is 28.6 Å². The molecule has 0 saturated carbocycles. The van der Waals surface area contributed by atoms with Crippen LogP contribution in [0, 0.1) is 0 Å². The van der Waals surface area contributed by atoms with E-state index in [1.54, 1.807) is 11.3 Å². The van der Waals surface area contributed by atoms with Gasteiger partial charge in [0.2, 0.25) is 0 Å². The van der Waals surface area contributed by atoms with Crippen LogP contribution in [0.4, 0.5) is 11.4 Å². The number of amides is 1. The summed E-state index contributed by atoms with van der Waals surface area (Å²) in [5, 5.41) is 5.01. The number of nitrogens with one attached hydrogen (secondary N) is 1. The molecule has 0 spiro atoms. The molecule has 1 N–H and O–H groups in total. The van der Waals surface area contributed by atoms with Crippen molar-refractivity contribution in [1.82, 2.24) is 0 Å². The summed E-state index contributed by atoms with van der Waals surface area (Å²) in [6.45, 7) is 6.22. The first-order valence-electron chi connectivity index (χ1n) is 8.51. The lowest BCUT2D eigenvalue weighted by molar-refractivity contribution is 0.102. The van der Waals surface area contributed by atoms with Gasteiger partial charge in [-0.1, -0.05) is 18.2 Å². The highest BCUT2D eigenvalue weighted by Gasteiger charge is 2.08. The molecule has 1 heterocycles. The van der Waals surface area contributed by atoms with Crippen molar-refractivity contribution in [3.05, 3.63) is 71.6 Å². The smallest absolute Gasteiger partial charge is 0.255 e. The van der Waals surface area contributed by atoms with E-state index in [1.165, 1.54) is 10.6 Å². The highest BCUT2D eigenvalue weighted by molar-refractivity contribution is 7.13. The van der Waals surface area contributed by atoms with Gasteiger partial charge in [-0.25, -0.2) is 0 Å². The zero-order valence-corrected chi connectivity index (χ0v) is 15.3. The molecule has 0 fully saturated rings. The third kappa shape index (κ3) is 4.09. The summed E-state index contributed by atoms with van der Waals surface area (Å²) in [7, 11) is 0. The Morgan fingerprint density at radius 2 is 1.64 bits per heavy atom. The van der Waals surface area contributed by atoms with E-state index in [9.17, 15) is 4.79 Å². The van der Waals surface area contributed by atoms with Gasteiger partial charge in [-0.05, 0) is 67.3 Å². The minimum absolute atomic E-state index is 0.0895. The lowest BCUT2D eigenvalue weighted by atomic mass is 10.1. The Balaban J connectivity index is 1.67. The van der Waals surface area contributed by atoms with Crippen LogP contribution < -0.4 is 10.2 Å². The van der Waals surface area contributed by atoms with E-state index in [0.29, 0.717) is 5.56 Å². The van der Waals surface area contributed by atoms with Gasteiger partial charge in [0.15, 0.2) is 0 Å². The van der Waals surface area contributed by atoms with Gasteiger partial charge in [0.05, 0.1) is 0 Å². The normalized spacial score (nSPS) is 10.5. The highest BCUT2D eigenvalue weighted by Crippen LogP contribution is 2.25. The number of nitrogens with zero attached hydrogens (tertiary/aromatic N) is 1. The third-order valence-electron chi connectivity index (χ3n) is 4.21. The number of carbonyl (C=O) groups is 1. The van der Waals surface area contributed by atoms with Gasteiger partial charge in [0.1, 0.15) is 0 Å². The first-order chi connectivity index (χ1) is 12.2. The van der Waals surface area contributed by atoms with Crippen LogP contribution >= 0.6 is 11.3 Å². The van der Waals surface area contributed by atoms with Crippen molar-refractivity contribution in [3.8, 4) is 10.4 Å². The Labute approximate surface area is 152 Å². The summed E-state index contributed by atoms with van der Waals surface area (Å²) in [5.41, 5.74) is 3.77. The van der Waals surface area contributed by atoms with Gasteiger partial charge in [-0.2, -0.15) is 0 Å². The Kier molecular flexibility index (Phi) is 5.51. The Bertz CT molecular complexity index is 804. The second-order valence-electron chi connectivity index (χ2n) is 5.73. The highest BCUT2D eigenvalue weighted by atomic mass is 32.1. The fourth-order valence-electron chi connectivity index (χ4n) is 2.78. The molecule has 0 bridgehead atoms. The summed E-state index contributed by atoms with van der Waals surface area (Å²) in [6.07, 6.45) is 0. The van der Waals surface area contributed by atoms with Crippen molar-refractivity contribution in [2.24, 2.45) is 0 Å². The van der Waals surface area contributed by atoms with Gasteiger partial charge >= 0.3 is 0 Å². The van der Waals surface area contributed by atoms with Gasteiger partial charge in [0, 0.05) is 34.9 Å². The van der Waals surface area contributed by atoms with E-state index >= 15 is 0 Å². The number of benzene rings is 2. The predicted molar refractivity (Wildman–Crippen MR) is 108 cm³/mol. The maximum Gasteiger partial charge on any atom is 0.255 e. The SMILES string of the molecule is CCN(CC)c1ccc(NC(=O)c2ccc(-c3cccs3)cc2)cc1. The Morgan fingerprint density at radius 3 is 2.20 bits per heavy atom. The van der Waals surface area contributed by atoms with Crippen molar-refractivity contribution in [1.29, 1.82) is 0 Å². The van der Waals surface area contributed by atoms with Crippen molar-refractivity contribution in [2.75, 3.05) is 23.3 Å². The fourth-order valence-corrected chi connectivity index (χ4v) is 3.51. The number of carbonyl (C=O) groups excluding carboxylic acids is 1. The lowest BCUT2D eigenvalue weighted by Gasteiger charge is -2.21. The van der Waals surface area contributed by atoms with E-state index in [-0.39, 0.29) is 5.91 Å². The number of hydrogen-bond donors (Lipinski definition) is 1. The molecule has 2 aromatic carbocycles. The maximum atomic E-state index is 12.4. The molecule has 128 valence electrons. The summed E-state index contributed by atoms with van der Waals surface area (Å²) in [6, 6.07) is 19.8. The standard InChI is InChI=1S/C21H22N2OS/c1-3-23(4-2)19-13-11-18(12-14-19)22-21(24)17-9-7-16(8-10-17)20-6-5-15-25-20/h5-15H,3-4H2,1-2H3,(H,22,24). The average Bonchev–Trinajstić information content (AvgIpc) is 3.19. The molecule has 0 atom stereocenters. The van der Waals surface area contributed by atoms with Gasteiger partial charge in [-0.15, -0.1) is 11.3 Å². The van der Waals surface area contributed by atoms with Crippen molar-refractivity contribution in [2.45, 2.75) is 13.8 Å². The van der Waals surface area contributed by atoms with Crippen LogP contribution in [0.1, 0.15) is 24.2 Å². The van der Waals surface area contributed by atoms with Crippen molar-refractivity contribution < 1.29 is 4.79 Å². The number of anilines is 2. The van der Waals surface area contributed by atoms with Gasteiger partial charge in [0.25, 0.3) is 5.91 Å². The quantitative estimate of drug-likeness (QED) is 0.635. The molecule has 0 radical (unpaired) electrons. The second kappa shape index (κ2) is 7.99. The maximum absolute atomic E-state index is 12.4. The first-order valence-corrected chi connectivity index (χ1v) is 9.39. The molecule has 0 unspecified atom stereocenters. The summed E-state index contributed by atoms with van der Waals surface area (Å²) in [5.74, 6) is -0.0895. The van der Waals surface area contributed by atoms with E-state index in [4.69, 9.17) is 0 Å². The molecule has 25 heavy (non-hydrogen) atoms. The molecular formula is C21H22N2OS. The monoisotopic (exact) mass is 350 g/mol. The van der Waals surface area contributed by atoms with E-state index in [1.807, 2.05) is 54.6 Å². The predicted octanol–water partition coefficient (Wildman–Crippen LogP) is 5.51. The molecule has 4 heteroatoms. The molecule has 0 saturated heterocycles. The van der Waals surface area contributed by atoms with Gasteiger partial charge in [-0.3, -0.25) is 4.79 Å². The molecule has 0 aliphatic heterocycles. The van der Waals surface area contributed by atoms with Crippen molar-refractivity contribution in [3.63, 3.8) is 0 Å². The fraction of sp³-hybridized carbons (Fsp3) is 0.190. The molecule has 0 aliphatic carbocycles. The van der Waals surface area contributed by atoms with Crippen LogP contribution in [-0.4, -0.2) is 19.0 Å². The zero-order chi connectivity index (χ0) is 17.6. The van der Waals surface area contributed by atoms with Crippen LogP contribution in [0.5, 0.6) is 0 Å². The average molecular weight is 350 g/mol. The summed E-state index contributed by atoms with van der Waals surface area (Å²) < 4.78 is 0. The molecular weight excluding hydrogens is 328 g/mol. The number of hydrogen-bond acceptors (Lipinski definition) is 3. The van der Waals surface area contributed by atoms with Crippen LogP contribution in [0.25, 0.3) is 10.4 Å². The molecule has 0 aliphatic rings. The molecule has 1 aromatic heterocycles. The minimum atomic E-state index is -0.0895. The summed E-state index contributed by atoms with van der Waals surface area (Å²) >= 11 is 1.70. The topological polar surface area (TPSA) is 32.3 Å². The number of rotatable bonds is 6. The Hall–Kier alpha value is -2.59. The molecule has 1 amide bonds. The van der Waals surface area contributed by atoms with E-state index < -0.39 is 0 Å². The zero-order valence-electron chi connectivity index (χ0n) is 14.5. The largest absolute Gasteiger partial charge is 0.372 e. The van der Waals surface area contributed by atoms with Crippen LogP contribution in [0.3, 0.4) is 0 Å². The van der Waals surface area contributed by atoms with E-state index in [0.717, 1.165) is 24.3 Å². The lowest BCUT2D eigenvalue weighted by Crippen LogP contribution is -2.21. The van der Waals surface area contributed by atoms with E-state index in [2.05, 4.69) is 35.5 Å². The molecule has 3 rings (SSSR count). The van der Waals surface area contributed by atoms with Crippen LogP contribution in [0.15, 0.2) is 66.0 Å². The van der Waals surface area contributed by atoms with Gasteiger partial charge < -0.3 is 10.2 Å². The molecule has 3 aromatic rings.